The molecule has 0 saturated heterocycles. The number of rotatable bonds is 2. The summed E-state index contributed by atoms with van der Waals surface area (Å²) in [5, 5.41) is 8.69. The fourth-order valence-corrected chi connectivity index (χ4v) is 1.53. The molecule has 72 valence electrons. The first kappa shape index (κ1) is 11.1. The molecule has 2 nitrogen and oxygen atoms in total. The maximum Gasteiger partial charge on any atom is 0.267 e. The third-order valence-electron chi connectivity index (χ3n) is 1.46. The highest BCUT2D eigenvalue weighted by Gasteiger charge is 2.19. The molecule has 0 spiro atoms. The van der Waals surface area contributed by atoms with E-state index in [1.54, 1.807) is 22.6 Å². The van der Waals surface area contributed by atoms with E-state index in [1.807, 2.05) is 0 Å². The van der Waals surface area contributed by atoms with Gasteiger partial charge in [0.2, 0.25) is 0 Å². The van der Waals surface area contributed by atoms with Gasteiger partial charge in [0.05, 0.1) is 26.5 Å². The van der Waals surface area contributed by atoms with Gasteiger partial charge in [-0.05, 0) is 22.6 Å². The molecule has 0 aliphatic rings. The van der Waals surface area contributed by atoms with Crippen LogP contribution in [0.1, 0.15) is 17.7 Å². The van der Waals surface area contributed by atoms with Gasteiger partial charge in [-0.1, -0.05) is 11.6 Å². The first-order valence-electron chi connectivity index (χ1n) is 3.29. The van der Waals surface area contributed by atoms with Crippen LogP contribution in [-0.4, -0.2) is 10.1 Å². The van der Waals surface area contributed by atoms with Crippen LogP contribution < -0.4 is 0 Å². The van der Waals surface area contributed by atoms with Crippen molar-refractivity contribution in [1.29, 1.82) is 0 Å². The quantitative estimate of drug-likeness (QED) is 0.850. The van der Waals surface area contributed by atoms with Crippen molar-refractivity contribution in [1.82, 2.24) is 4.98 Å². The molecule has 0 unspecified atom stereocenters. The summed E-state index contributed by atoms with van der Waals surface area (Å²) in [6.07, 6.45) is -1.36. The highest BCUT2D eigenvalue weighted by molar-refractivity contribution is 14.1. The minimum atomic E-state index is -2.71. The van der Waals surface area contributed by atoms with E-state index in [4.69, 9.17) is 16.7 Å². The van der Waals surface area contributed by atoms with Gasteiger partial charge < -0.3 is 5.11 Å². The SMILES string of the molecule is OCc1ncc(I)c(Cl)c1C(F)F. The summed E-state index contributed by atoms with van der Waals surface area (Å²) in [5.41, 5.74) is -0.448. The average Bonchev–Trinajstić information content (AvgIpc) is 2.08. The molecular formula is C7H5ClF2INO. The molecule has 6 heteroatoms. The van der Waals surface area contributed by atoms with Gasteiger partial charge in [-0.25, -0.2) is 8.78 Å². The molecule has 0 aliphatic heterocycles. The second-order valence-corrected chi connectivity index (χ2v) is 3.78. The number of aliphatic hydroxyl groups excluding tert-OH is 1. The van der Waals surface area contributed by atoms with Crippen LogP contribution in [0.2, 0.25) is 5.02 Å². The molecule has 0 aromatic carbocycles. The van der Waals surface area contributed by atoms with Crippen LogP contribution in [-0.2, 0) is 6.61 Å². The molecule has 1 N–H and O–H groups in total. The summed E-state index contributed by atoms with van der Waals surface area (Å²) in [7, 11) is 0. The first-order valence-corrected chi connectivity index (χ1v) is 4.75. The lowest BCUT2D eigenvalue weighted by molar-refractivity contribution is 0.146. The summed E-state index contributed by atoms with van der Waals surface area (Å²) < 4.78 is 25.3. The van der Waals surface area contributed by atoms with Crippen LogP contribution in [0, 0.1) is 3.57 Å². The highest BCUT2D eigenvalue weighted by atomic mass is 127. The number of nitrogens with zero attached hydrogens (tertiary/aromatic N) is 1. The van der Waals surface area contributed by atoms with Crippen molar-refractivity contribution in [3.63, 3.8) is 0 Å². The second kappa shape index (κ2) is 4.47. The van der Waals surface area contributed by atoms with Crippen LogP contribution in [0.25, 0.3) is 0 Å². The first-order chi connectivity index (χ1) is 6.07. The highest BCUT2D eigenvalue weighted by Crippen LogP contribution is 2.32. The van der Waals surface area contributed by atoms with E-state index in [1.165, 1.54) is 6.20 Å². The molecule has 1 rings (SSSR count). The maximum absolute atomic E-state index is 12.4. The standard InChI is InChI=1S/C7H5ClF2INO/c8-6-3(11)1-12-4(2-13)5(6)7(9)10/h1,7,13H,2H2. The molecule has 0 amide bonds. The molecule has 0 radical (unpaired) electrons. The van der Waals surface area contributed by atoms with Crippen molar-refractivity contribution in [2.24, 2.45) is 0 Å². The molecule has 13 heavy (non-hydrogen) atoms. The largest absolute Gasteiger partial charge is 0.390 e. The van der Waals surface area contributed by atoms with Gasteiger partial charge in [-0.2, -0.15) is 0 Å². The molecule has 0 aliphatic carbocycles. The van der Waals surface area contributed by atoms with Crippen molar-refractivity contribution < 1.29 is 13.9 Å². The summed E-state index contributed by atoms with van der Waals surface area (Å²) in [6.45, 7) is -0.531. The zero-order valence-corrected chi connectivity index (χ0v) is 9.18. The van der Waals surface area contributed by atoms with Crippen molar-refractivity contribution in [3.8, 4) is 0 Å². The molecule has 1 aromatic rings. The lowest BCUT2D eigenvalue weighted by Crippen LogP contribution is -2.00. The Balaban J connectivity index is 3.32. The molecular weight excluding hydrogens is 314 g/mol. The van der Waals surface area contributed by atoms with E-state index in [0.717, 1.165) is 0 Å². The Morgan fingerprint density at radius 2 is 2.23 bits per heavy atom. The molecule has 1 heterocycles. The van der Waals surface area contributed by atoms with Crippen molar-refractivity contribution in [3.05, 3.63) is 26.0 Å². The van der Waals surface area contributed by atoms with E-state index in [0.29, 0.717) is 3.57 Å². The molecule has 1 aromatic heterocycles. The van der Waals surface area contributed by atoms with Crippen molar-refractivity contribution in [2.75, 3.05) is 0 Å². The third kappa shape index (κ3) is 2.26. The summed E-state index contributed by atoms with van der Waals surface area (Å²) >= 11 is 7.44. The topological polar surface area (TPSA) is 33.1 Å². The lowest BCUT2D eigenvalue weighted by atomic mass is 10.2. The molecule has 0 bridgehead atoms. The number of hydrogen-bond donors (Lipinski definition) is 1. The van der Waals surface area contributed by atoms with Gasteiger partial charge in [0.15, 0.2) is 0 Å². The van der Waals surface area contributed by atoms with Gasteiger partial charge in [0.1, 0.15) is 0 Å². The smallest absolute Gasteiger partial charge is 0.267 e. The minimum Gasteiger partial charge on any atom is -0.390 e. The average molecular weight is 319 g/mol. The summed E-state index contributed by atoms with van der Waals surface area (Å²) in [5.74, 6) is 0. The number of hydrogen-bond acceptors (Lipinski definition) is 2. The Labute approximate surface area is 92.1 Å². The number of pyridine rings is 1. The van der Waals surface area contributed by atoms with Crippen molar-refractivity contribution in [2.45, 2.75) is 13.0 Å². The van der Waals surface area contributed by atoms with Gasteiger partial charge in [0, 0.05) is 6.20 Å². The number of alkyl halides is 2. The van der Waals surface area contributed by atoms with Crippen LogP contribution in [0.5, 0.6) is 0 Å². The minimum absolute atomic E-state index is 0.0327. The second-order valence-electron chi connectivity index (χ2n) is 2.24. The maximum atomic E-state index is 12.4. The third-order valence-corrected chi connectivity index (χ3v) is 3.00. The summed E-state index contributed by atoms with van der Waals surface area (Å²) in [6, 6.07) is 0. The molecule has 0 fully saturated rings. The normalized spacial score (nSPS) is 10.9. The number of halogens is 4. The van der Waals surface area contributed by atoms with E-state index >= 15 is 0 Å². The van der Waals surface area contributed by atoms with Crippen LogP contribution in [0.4, 0.5) is 8.78 Å². The zero-order chi connectivity index (χ0) is 10.0. The van der Waals surface area contributed by atoms with Gasteiger partial charge in [-0.15, -0.1) is 0 Å². The van der Waals surface area contributed by atoms with E-state index in [9.17, 15) is 8.78 Å². The Morgan fingerprint density at radius 1 is 1.62 bits per heavy atom. The summed E-state index contributed by atoms with van der Waals surface area (Å²) in [4.78, 5) is 3.66. The van der Waals surface area contributed by atoms with Gasteiger partial charge in [-0.3, -0.25) is 4.98 Å². The Morgan fingerprint density at radius 3 is 2.69 bits per heavy atom. The molecule has 0 atom stereocenters. The van der Waals surface area contributed by atoms with Crippen LogP contribution in [0.15, 0.2) is 6.20 Å². The van der Waals surface area contributed by atoms with Crippen LogP contribution >= 0.6 is 34.2 Å². The predicted molar refractivity (Wildman–Crippen MR) is 52.8 cm³/mol. The monoisotopic (exact) mass is 319 g/mol. The van der Waals surface area contributed by atoms with Crippen molar-refractivity contribution >= 4 is 34.2 Å². The fraction of sp³-hybridized carbons (Fsp3) is 0.286. The Bertz CT molecular complexity index is 322. The van der Waals surface area contributed by atoms with E-state index in [2.05, 4.69) is 4.98 Å². The molecule has 0 saturated carbocycles. The fourth-order valence-electron chi connectivity index (χ4n) is 0.864. The van der Waals surface area contributed by atoms with E-state index in [-0.39, 0.29) is 16.3 Å². The van der Waals surface area contributed by atoms with Gasteiger partial charge >= 0.3 is 0 Å². The van der Waals surface area contributed by atoms with Gasteiger partial charge in [0.25, 0.3) is 6.43 Å². The lowest BCUT2D eigenvalue weighted by Gasteiger charge is -2.08. The van der Waals surface area contributed by atoms with Crippen LogP contribution in [0.3, 0.4) is 0 Å². The number of aromatic nitrogens is 1. The predicted octanol–water partition coefficient (Wildman–Crippen LogP) is 2.77. The Hall–Kier alpha value is -0.0100. The zero-order valence-electron chi connectivity index (χ0n) is 6.27. The van der Waals surface area contributed by atoms with E-state index < -0.39 is 13.0 Å². The Kier molecular flexibility index (Phi) is 3.81. The number of aliphatic hydroxyl groups is 1.